The Hall–Kier alpha value is -3.52. The van der Waals surface area contributed by atoms with E-state index in [0.717, 1.165) is 59.9 Å². The van der Waals surface area contributed by atoms with Gasteiger partial charge in [0.25, 0.3) is 0 Å². The molecule has 152 valence electrons. The van der Waals surface area contributed by atoms with Gasteiger partial charge in [-0.05, 0) is 18.2 Å². The number of rotatable bonds is 6. The van der Waals surface area contributed by atoms with Crippen LogP contribution in [0.5, 0.6) is 0 Å². The molecule has 8 nitrogen and oxygen atoms in total. The number of aromatic amines is 1. The van der Waals surface area contributed by atoms with E-state index in [1.807, 2.05) is 54.9 Å². The van der Waals surface area contributed by atoms with Gasteiger partial charge in [0, 0.05) is 55.0 Å². The number of ether oxygens (including phenoxy) is 1. The molecule has 4 aromatic rings. The first-order valence-corrected chi connectivity index (χ1v) is 10.1. The van der Waals surface area contributed by atoms with Crippen molar-refractivity contribution in [1.82, 2.24) is 25.1 Å². The zero-order valence-corrected chi connectivity index (χ0v) is 16.6. The van der Waals surface area contributed by atoms with Gasteiger partial charge in [0.15, 0.2) is 5.82 Å². The van der Waals surface area contributed by atoms with Crippen molar-refractivity contribution in [2.75, 3.05) is 43.1 Å². The van der Waals surface area contributed by atoms with E-state index in [4.69, 9.17) is 14.7 Å². The van der Waals surface area contributed by atoms with E-state index in [-0.39, 0.29) is 0 Å². The van der Waals surface area contributed by atoms with Gasteiger partial charge < -0.3 is 15.0 Å². The fraction of sp³-hybridized carbons (Fsp3) is 0.273. The van der Waals surface area contributed by atoms with Gasteiger partial charge in [0.1, 0.15) is 11.6 Å². The van der Waals surface area contributed by atoms with Crippen molar-refractivity contribution in [3.8, 4) is 11.4 Å². The van der Waals surface area contributed by atoms with Crippen molar-refractivity contribution in [2.45, 2.75) is 6.42 Å². The number of morpholine rings is 1. The van der Waals surface area contributed by atoms with E-state index in [1.54, 1.807) is 0 Å². The third kappa shape index (κ3) is 3.95. The number of aromatic nitrogens is 5. The summed E-state index contributed by atoms with van der Waals surface area (Å²) in [4.78, 5) is 16.3. The summed E-state index contributed by atoms with van der Waals surface area (Å²) in [5.41, 5.74) is 2.98. The molecule has 0 spiro atoms. The zero-order valence-electron chi connectivity index (χ0n) is 16.6. The predicted octanol–water partition coefficient (Wildman–Crippen LogP) is 2.91. The van der Waals surface area contributed by atoms with Crippen LogP contribution in [0, 0.1) is 0 Å². The van der Waals surface area contributed by atoms with Crippen molar-refractivity contribution in [3.63, 3.8) is 0 Å². The van der Waals surface area contributed by atoms with Crippen LogP contribution in [0.25, 0.3) is 22.3 Å². The van der Waals surface area contributed by atoms with Crippen LogP contribution >= 0.6 is 0 Å². The van der Waals surface area contributed by atoms with Crippen molar-refractivity contribution >= 4 is 22.5 Å². The molecular weight excluding hydrogens is 378 g/mol. The number of H-pyrrole nitrogens is 1. The number of pyridine rings is 1. The van der Waals surface area contributed by atoms with Crippen LogP contribution < -0.4 is 10.2 Å². The maximum atomic E-state index is 5.51. The smallest absolute Gasteiger partial charge is 0.164 e. The standard InChI is InChI=1S/C22H23N7O/c1-2-8-23-16(4-1)7-9-24-20-14-21(29-10-12-30-13-11-29)27-22(26-20)17-5-3-6-19-18(17)15-25-28-19/h1-6,8,14-15H,7,9-13H2,(H,25,28)(H,24,26,27). The normalized spacial score (nSPS) is 14.2. The Morgan fingerprint density at radius 3 is 2.87 bits per heavy atom. The minimum atomic E-state index is 0.686. The fourth-order valence-corrected chi connectivity index (χ4v) is 3.63. The average molecular weight is 401 g/mol. The van der Waals surface area contributed by atoms with Gasteiger partial charge in [-0.25, -0.2) is 9.97 Å². The van der Waals surface area contributed by atoms with Crippen molar-refractivity contribution in [2.24, 2.45) is 0 Å². The number of nitrogens with zero attached hydrogens (tertiary/aromatic N) is 5. The van der Waals surface area contributed by atoms with Crippen LogP contribution in [-0.4, -0.2) is 58.0 Å². The lowest BCUT2D eigenvalue weighted by Crippen LogP contribution is -2.36. The average Bonchev–Trinajstić information content (AvgIpc) is 3.29. The summed E-state index contributed by atoms with van der Waals surface area (Å²) in [5, 5.41) is 11.7. The van der Waals surface area contributed by atoms with E-state index in [9.17, 15) is 0 Å². The molecule has 0 atom stereocenters. The lowest BCUT2D eigenvalue weighted by molar-refractivity contribution is 0.122. The SMILES string of the molecule is c1ccc(CCNc2cc(N3CCOCC3)nc(-c3cccc4[nH]ncc34)n2)nc1. The van der Waals surface area contributed by atoms with Crippen LogP contribution in [0.2, 0.25) is 0 Å². The van der Waals surface area contributed by atoms with Crippen LogP contribution in [-0.2, 0) is 11.2 Å². The van der Waals surface area contributed by atoms with Gasteiger partial charge >= 0.3 is 0 Å². The van der Waals surface area contributed by atoms with E-state index in [2.05, 4.69) is 25.4 Å². The van der Waals surface area contributed by atoms with Crippen LogP contribution in [0.15, 0.2) is 54.9 Å². The Labute approximate surface area is 174 Å². The number of hydrogen-bond donors (Lipinski definition) is 2. The third-order valence-corrected chi connectivity index (χ3v) is 5.19. The number of nitrogens with one attached hydrogen (secondary N) is 2. The Bertz CT molecular complexity index is 1120. The van der Waals surface area contributed by atoms with Crippen molar-refractivity contribution in [1.29, 1.82) is 0 Å². The fourth-order valence-electron chi connectivity index (χ4n) is 3.63. The van der Waals surface area contributed by atoms with Gasteiger partial charge in [0.2, 0.25) is 0 Å². The first-order chi connectivity index (χ1) is 14.9. The molecule has 1 saturated heterocycles. The maximum Gasteiger partial charge on any atom is 0.164 e. The van der Waals surface area contributed by atoms with Gasteiger partial charge in [-0.1, -0.05) is 18.2 Å². The summed E-state index contributed by atoms with van der Waals surface area (Å²) >= 11 is 0. The Kier molecular flexibility index (Phi) is 5.22. The second-order valence-electron chi connectivity index (χ2n) is 7.17. The van der Waals surface area contributed by atoms with Crippen molar-refractivity contribution < 1.29 is 4.74 Å². The molecule has 1 aliphatic rings. The highest BCUT2D eigenvalue weighted by atomic mass is 16.5. The highest BCUT2D eigenvalue weighted by molar-refractivity contribution is 5.92. The van der Waals surface area contributed by atoms with E-state index < -0.39 is 0 Å². The third-order valence-electron chi connectivity index (χ3n) is 5.19. The van der Waals surface area contributed by atoms with Gasteiger partial charge in [0.05, 0.1) is 24.9 Å². The van der Waals surface area contributed by atoms with Crippen LogP contribution in [0.4, 0.5) is 11.6 Å². The minimum absolute atomic E-state index is 0.686. The topological polar surface area (TPSA) is 91.8 Å². The number of benzene rings is 1. The molecular formula is C22H23N7O. The quantitative estimate of drug-likeness (QED) is 0.513. The van der Waals surface area contributed by atoms with Gasteiger partial charge in [-0.2, -0.15) is 5.10 Å². The molecule has 2 N–H and O–H groups in total. The molecule has 0 amide bonds. The van der Waals surface area contributed by atoms with Crippen LogP contribution in [0.3, 0.4) is 0 Å². The van der Waals surface area contributed by atoms with Gasteiger partial charge in [-0.3, -0.25) is 10.1 Å². The van der Waals surface area contributed by atoms with Crippen molar-refractivity contribution in [3.05, 3.63) is 60.6 Å². The summed E-state index contributed by atoms with van der Waals surface area (Å²) in [6.07, 6.45) is 4.47. The Morgan fingerprint density at radius 2 is 2.00 bits per heavy atom. The maximum absolute atomic E-state index is 5.51. The lowest BCUT2D eigenvalue weighted by atomic mass is 10.1. The molecule has 0 saturated carbocycles. The summed E-state index contributed by atoms with van der Waals surface area (Å²) in [7, 11) is 0. The number of fused-ring (bicyclic) bond motifs is 1. The predicted molar refractivity (Wildman–Crippen MR) is 117 cm³/mol. The number of anilines is 2. The molecule has 1 fully saturated rings. The molecule has 8 heteroatoms. The zero-order chi connectivity index (χ0) is 20.2. The molecule has 3 aromatic heterocycles. The van der Waals surface area contributed by atoms with E-state index in [1.165, 1.54) is 0 Å². The first-order valence-electron chi connectivity index (χ1n) is 10.1. The number of hydrogen-bond acceptors (Lipinski definition) is 7. The molecule has 0 unspecified atom stereocenters. The van der Waals surface area contributed by atoms with Crippen LogP contribution in [0.1, 0.15) is 5.69 Å². The summed E-state index contributed by atoms with van der Waals surface area (Å²) in [5.74, 6) is 2.40. The molecule has 1 aromatic carbocycles. The molecule has 30 heavy (non-hydrogen) atoms. The summed E-state index contributed by atoms with van der Waals surface area (Å²) in [6.45, 7) is 3.80. The molecule has 0 aliphatic carbocycles. The first kappa shape index (κ1) is 18.5. The molecule has 5 rings (SSSR count). The summed E-state index contributed by atoms with van der Waals surface area (Å²) in [6, 6.07) is 14.0. The highest BCUT2D eigenvalue weighted by Crippen LogP contribution is 2.28. The lowest BCUT2D eigenvalue weighted by Gasteiger charge is -2.28. The highest BCUT2D eigenvalue weighted by Gasteiger charge is 2.17. The van der Waals surface area contributed by atoms with Gasteiger partial charge in [-0.15, -0.1) is 0 Å². The molecule has 1 aliphatic heterocycles. The molecule has 4 heterocycles. The molecule has 0 bridgehead atoms. The molecule has 0 radical (unpaired) electrons. The Balaban J connectivity index is 1.46. The monoisotopic (exact) mass is 401 g/mol. The Morgan fingerprint density at radius 1 is 1.07 bits per heavy atom. The largest absolute Gasteiger partial charge is 0.378 e. The summed E-state index contributed by atoms with van der Waals surface area (Å²) < 4.78 is 5.51. The van der Waals surface area contributed by atoms with E-state index in [0.29, 0.717) is 19.0 Å². The minimum Gasteiger partial charge on any atom is -0.378 e. The second kappa shape index (κ2) is 8.46. The second-order valence-corrected chi connectivity index (χ2v) is 7.17. The van der Waals surface area contributed by atoms with E-state index >= 15 is 0 Å².